The second-order valence-corrected chi connectivity index (χ2v) is 7.85. The van der Waals surface area contributed by atoms with Crippen LogP contribution >= 0.6 is 22.9 Å². The Morgan fingerprint density at radius 3 is 2.48 bits per heavy atom. The smallest absolute Gasteiger partial charge is 0.125 e. The SMILES string of the molecule is COc1ccc(N2CCN(Cc3csc(-c4ccccc4Cl)n3)CC2)cc1. The van der Waals surface area contributed by atoms with Gasteiger partial charge in [-0.1, -0.05) is 29.8 Å². The predicted octanol–water partition coefficient (Wildman–Crippen LogP) is 4.79. The molecule has 3 aromatic rings. The molecule has 1 aliphatic heterocycles. The van der Waals surface area contributed by atoms with Crippen molar-refractivity contribution in [1.29, 1.82) is 0 Å². The van der Waals surface area contributed by atoms with Gasteiger partial charge in [0.15, 0.2) is 0 Å². The highest BCUT2D eigenvalue weighted by molar-refractivity contribution is 7.13. The van der Waals surface area contributed by atoms with Gasteiger partial charge in [-0.25, -0.2) is 4.98 Å². The van der Waals surface area contributed by atoms with E-state index >= 15 is 0 Å². The molecule has 4 nitrogen and oxygen atoms in total. The maximum atomic E-state index is 6.30. The van der Waals surface area contributed by atoms with Crippen molar-refractivity contribution in [2.45, 2.75) is 6.54 Å². The van der Waals surface area contributed by atoms with Crippen molar-refractivity contribution < 1.29 is 4.74 Å². The van der Waals surface area contributed by atoms with Crippen LogP contribution in [0.2, 0.25) is 5.02 Å². The van der Waals surface area contributed by atoms with Gasteiger partial charge in [-0.15, -0.1) is 11.3 Å². The number of methoxy groups -OCH3 is 1. The second-order valence-electron chi connectivity index (χ2n) is 6.59. The quantitative estimate of drug-likeness (QED) is 0.616. The number of hydrogen-bond acceptors (Lipinski definition) is 5. The Morgan fingerprint density at radius 1 is 1.04 bits per heavy atom. The molecule has 0 bridgehead atoms. The average molecular weight is 400 g/mol. The fourth-order valence-corrected chi connectivity index (χ4v) is 4.46. The highest BCUT2D eigenvalue weighted by Crippen LogP contribution is 2.30. The molecule has 0 radical (unpaired) electrons. The number of piperazine rings is 1. The number of anilines is 1. The van der Waals surface area contributed by atoms with Gasteiger partial charge in [0, 0.05) is 49.4 Å². The molecule has 2 aromatic carbocycles. The van der Waals surface area contributed by atoms with E-state index < -0.39 is 0 Å². The normalized spacial score (nSPS) is 15.1. The molecule has 0 unspecified atom stereocenters. The van der Waals surface area contributed by atoms with Gasteiger partial charge < -0.3 is 9.64 Å². The molecular formula is C21H22ClN3OS. The highest BCUT2D eigenvalue weighted by atomic mass is 35.5. The van der Waals surface area contributed by atoms with E-state index in [-0.39, 0.29) is 0 Å². The van der Waals surface area contributed by atoms with Crippen molar-refractivity contribution >= 4 is 28.6 Å². The lowest BCUT2D eigenvalue weighted by atomic mass is 10.2. The lowest BCUT2D eigenvalue weighted by molar-refractivity contribution is 0.247. The number of rotatable bonds is 5. The molecule has 1 aliphatic rings. The summed E-state index contributed by atoms with van der Waals surface area (Å²) in [5.41, 5.74) is 3.39. The van der Waals surface area contributed by atoms with Gasteiger partial charge in [0.25, 0.3) is 0 Å². The molecular weight excluding hydrogens is 378 g/mol. The molecule has 140 valence electrons. The van der Waals surface area contributed by atoms with Crippen LogP contribution in [0.1, 0.15) is 5.69 Å². The van der Waals surface area contributed by atoms with Crippen LogP contribution in [0, 0.1) is 0 Å². The van der Waals surface area contributed by atoms with Gasteiger partial charge in [-0.3, -0.25) is 4.90 Å². The van der Waals surface area contributed by atoms with Crippen molar-refractivity contribution in [1.82, 2.24) is 9.88 Å². The van der Waals surface area contributed by atoms with Gasteiger partial charge in [-0.2, -0.15) is 0 Å². The Morgan fingerprint density at radius 2 is 1.78 bits per heavy atom. The zero-order valence-electron chi connectivity index (χ0n) is 15.3. The van der Waals surface area contributed by atoms with E-state index in [4.69, 9.17) is 21.3 Å². The van der Waals surface area contributed by atoms with Crippen molar-refractivity contribution in [3.63, 3.8) is 0 Å². The lowest BCUT2D eigenvalue weighted by Gasteiger charge is -2.35. The molecule has 0 saturated carbocycles. The number of nitrogens with zero attached hydrogens (tertiary/aromatic N) is 3. The number of ether oxygens (including phenoxy) is 1. The first-order chi connectivity index (χ1) is 13.2. The van der Waals surface area contributed by atoms with Crippen molar-refractivity contribution in [3.8, 4) is 16.3 Å². The van der Waals surface area contributed by atoms with Gasteiger partial charge in [0.2, 0.25) is 0 Å². The summed E-state index contributed by atoms with van der Waals surface area (Å²) in [4.78, 5) is 9.68. The molecule has 0 aliphatic carbocycles. The first-order valence-corrected chi connectivity index (χ1v) is 10.3. The Hall–Kier alpha value is -2.08. The number of aromatic nitrogens is 1. The maximum absolute atomic E-state index is 6.30. The van der Waals surface area contributed by atoms with Gasteiger partial charge in [0.1, 0.15) is 10.8 Å². The Labute approximate surface area is 169 Å². The van der Waals surface area contributed by atoms with Crippen molar-refractivity contribution in [2.75, 3.05) is 38.2 Å². The van der Waals surface area contributed by atoms with Crippen LogP contribution in [-0.4, -0.2) is 43.2 Å². The summed E-state index contributed by atoms with van der Waals surface area (Å²) in [5, 5.41) is 3.90. The van der Waals surface area contributed by atoms with E-state index in [1.165, 1.54) is 5.69 Å². The second kappa shape index (κ2) is 8.30. The molecule has 6 heteroatoms. The minimum Gasteiger partial charge on any atom is -0.497 e. The summed E-state index contributed by atoms with van der Waals surface area (Å²) >= 11 is 7.96. The maximum Gasteiger partial charge on any atom is 0.125 e. The molecule has 0 N–H and O–H groups in total. The van der Waals surface area contributed by atoms with Crippen LogP contribution in [0.5, 0.6) is 5.75 Å². The lowest BCUT2D eigenvalue weighted by Crippen LogP contribution is -2.46. The average Bonchev–Trinajstić information content (AvgIpc) is 3.17. The zero-order chi connectivity index (χ0) is 18.6. The third-order valence-electron chi connectivity index (χ3n) is 4.85. The largest absolute Gasteiger partial charge is 0.497 e. The molecule has 0 amide bonds. The number of halogens is 1. The van der Waals surface area contributed by atoms with E-state index in [1.807, 2.05) is 36.4 Å². The fourth-order valence-electron chi connectivity index (χ4n) is 3.32. The fraction of sp³-hybridized carbons (Fsp3) is 0.286. The molecule has 2 heterocycles. The third-order valence-corrected chi connectivity index (χ3v) is 6.11. The number of hydrogen-bond donors (Lipinski definition) is 0. The molecule has 1 fully saturated rings. The summed E-state index contributed by atoms with van der Waals surface area (Å²) < 4.78 is 5.24. The third kappa shape index (κ3) is 4.26. The van der Waals surface area contributed by atoms with Crippen molar-refractivity contribution in [2.24, 2.45) is 0 Å². The molecule has 1 saturated heterocycles. The summed E-state index contributed by atoms with van der Waals surface area (Å²) in [5.74, 6) is 0.898. The van der Waals surface area contributed by atoms with E-state index in [2.05, 4.69) is 27.3 Å². The van der Waals surface area contributed by atoms with Gasteiger partial charge in [-0.05, 0) is 30.3 Å². The first kappa shape index (κ1) is 18.3. The minimum atomic E-state index is 0.756. The van der Waals surface area contributed by atoms with Gasteiger partial charge in [0.05, 0.1) is 17.8 Å². The molecule has 27 heavy (non-hydrogen) atoms. The summed E-state index contributed by atoms with van der Waals surface area (Å²) in [6, 6.07) is 16.2. The number of thiazole rings is 1. The zero-order valence-corrected chi connectivity index (χ0v) is 16.8. The predicted molar refractivity (Wildman–Crippen MR) is 113 cm³/mol. The first-order valence-electron chi connectivity index (χ1n) is 9.03. The summed E-state index contributed by atoms with van der Waals surface area (Å²) in [6.45, 7) is 5.00. The van der Waals surface area contributed by atoms with E-state index in [1.54, 1.807) is 18.4 Å². The minimum absolute atomic E-state index is 0.756. The van der Waals surface area contributed by atoms with Crippen LogP contribution < -0.4 is 9.64 Å². The number of benzene rings is 2. The van der Waals surface area contributed by atoms with Crippen LogP contribution in [0.3, 0.4) is 0 Å². The van der Waals surface area contributed by atoms with Crippen LogP contribution in [0.4, 0.5) is 5.69 Å². The van der Waals surface area contributed by atoms with Crippen molar-refractivity contribution in [3.05, 3.63) is 64.6 Å². The van der Waals surface area contributed by atoms with Crippen LogP contribution in [-0.2, 0) is 6.54 Å². The van der Waals surface area contributed by atoms with E-state index in [0.29, 0.717) is 0 Å². The van der Waals surface area contributed by atoms with Crippen LogP contribution in [0.25, 0.3) is 10.6 Å². The molecule has 0 spiro atoms. The van der Waals surface area contributed by atoms with E-state index in [0.717, 1.165) is 59.8 Å². The standard InChI is InChI=1S/C21H22ClN3OS/c1-26-18-8-6-17(7-9-18)25-12-10-24(11-13-25)14-16-15-27-21(23-16)19-4-2-3-5-20(19)22/h2-9,15H,10-14H2,1H3. The highest BCUT2D eigenvalue weighted by Gasteiger charge is 2.18. The Balaban J connectivity index is 1.35. The van der Waals surface area contributed by atoms with Gasteiger partial charge >= 0.3 is 0 Å². The molecule has 0 atom stereocenters. The summed E-state index contributed by atoms with van der Waals surface area (Å²) in [6.07, 6.45) is 0. The Bertz CT molecular complexity index is 888. The summed E-state index contributed by atoms with van der Waals surface area (Å²) in [7, 11) is 1.70. The Kier molecular flexibility index (Phi) is 5.62. The van der Waals surface area contributed by atoms with Crippen LogP contribution in [0.15, 0.2) is 53.9 Å². The molecule has 4 rings (SSSR count). The monoisotopic (exact) mass is 399 g/mol. The topological polar surface area (TPSA) is 28.6 Å². The van der Waals surface area contributed by atoms with E-state index in [9.17, 15) is 0 Å². The molecule has 1 aromatic heterocycles.